The summed E-state index contributed by atoms with van der Waals surface area (Å²) in [4.78, 5) is 12.0. The van der Waals surface area contributed by atoms with Crippen LogP contribution in [0.3, 0.4) is 0 Å². The first-order valence-electron chi connectivity index (χ1n) is 7.70. The normalized spacial score (nSPS) is 12.8. The lowest BCUT2D eigenvalue weighted by Gasteiger charge is -2.21. The van der Waals surface area contributed by atoms with Crippen molar-refractivity contribution in [3.05, 3.63) is 65.2 Å². The summed E-state index contributed by atoms with van der Waals surface area (Å²) in [5, 5.41) is 8.67. The molecule has 0 aliphatic heterocycles. The lowest BCUT2D eigenvalue weighted by molar-refractivity contribution is -0.132. The van der Waals surface area contributed by atoms with Crippen LogP contribution in [0.2, 0.25) is 0 Å². The Hall–Kier alpha value is -2.46. The molecule has 25 heavy (non-hydrogen) atoms. The number of carbonyl (C=O) groups excluding carboxylic acids is 1. The van der Waals surface area contributed by atoms with E-state index in [4.69, 9.17) is 5.21 Å². The molecule has 0 saturated carbocycles. The van der Waals surface area contributed by atoms with Gasteiger partial charge < -0.3 is 0 Å². The van der Waals surface area contributed by atoms with Gasteiger partial charge in [0, 0.05) is 18.2 Å². The number of carbonyl (C=O) groups is 1. The van der Waals surface area contributed by atoms with Crippen molar-refractivity contribution >= 4 is 16.9 Å². The smallest absolute Gasteiger partial charge is 0.261 e. The van der Waals surface area contributed by atoms with E-state index in [1.54, 1.807) is 43.7 Å². The van der Waals surface area contributed by atoms with Gasteiger partial charge in [-0.05, 0) is 50.2 Å². The molecule has 5 nitrogen and oxygen atoms in total. The lowest BCUT2D eigenvalue weighted by atomic mass is 10.1. The Balaban J connectivity index is 2.10. The molecular weight excluding hydrogens is 336 g/mol. The van der Waals surface area contributed by atoms with Gasteiger partial charge in [-0.2, -0.15) is 0 Å². The van der Waals surface area contributed by atoms with Crippen LogP contribution in [0, 0.1) is 18.8 Å². The first-order chi connectivity index (χ1) is 11.9. The highest BCUT2D eigenvalue weighted by molar-refractivity contribution is 7.82. The van der Waals surface area contributed by atoms with E-state index in [2.05, 4.69) is 11.8 Å². The molecule has 2 aromatic rings. The van der Waals surface area contributed by atoms with Crippen LogP contribution in [0.4, 0.5) is 0 Å². The lowest BCUT2D eigenvalue weighted by Crippen LogP contribution is -2.42. The van der Waals surface area contributed by atoms with Crippen LogP contribution in [0.15, 0.2) is 53.4 Å². The number of nitrogens with one attached hydrogen (secondary N) is 1. The Kier molecular flexibility index (Phi) is 6.48. The van der Waals surface area contributed by atoms with Gasteiger partial charge in [-0.1, -0.05) is 29.5 Å². The second-order valence-corrected chi connectivity index (χ2v) is 7.13. The number of likely N-dealkylation sites (N-methyl/N-ethyl adjacent to an activating group) is 1. The monoisotopic (exact) mass is 356 g/mol. The highest BCUT2D eigenvalue weighted by Gasteiger charge is 2.22. The predicted molar refractivity (Wildman–Crippen MR) is 97.2 cm³/mol. The Labute approximate surface area is 150 Å². The number of nitrogens with zero attached hydrogens (tertiary/aromatic N) is 1. The van der Waals surface area contributed by atoms with Gasteiger partial charge in [-0.25, -0.2) is 14.0 Å². The summed E-state index contributed by atoms with van der Waals surface area (Å²) in [7, 11) is 0.0386. The number of benzene rings is 2. The number of hydrogen-bond donors (Lipinski definition) is 2. The van der Waals surface area contributed by atoms with Gasteiger partial charge in [0.05, 0.1) is 4.90 Å². The number of aryl methyl sites for hydroxylation is 1. The van der Waals surface area contributed by atoms with Crippen LogP contribution >= 0.6 is 0 Å². The van der Waals surface area contributed by atoms with Gasteiger partial charge in [0.25, 0.3) is 5.91 Å². The summed E-state index contributed by atoms with van der Waals surface area (Å²) in [6.45, 7) is 3.59. The van der Waals surface area contributed by atoms with Crippen molar-refractivity contribution in [3.63, 3.8) is 0 Å². The summed E-state index contributed by atoms with van der Waals surface area (Å²) in [5.74, 6) is 5.54. The van der Waals surface area contributed by atoms with Crippen LogP contribution in [0.1, 0.15) is 23.6 Å². The van der Waals surface area contributed by atoms with Gasteiger partial charge >= 0.3 is 0 Å². The van der Waals surface area contributed by atoms with Gasteiger partial charge in [-0.3, -0.25) is 10.0 Å². The number of hydroxylamine groups is 1. The minimum atomic E-state index is -1.52. The van der Waals surface area contributed by atoms with Crippen LogP contribution < -0.4 is 5.48 Å². The van der Waals surface area contributed by atoms with E-state index in [1.165, 1.54) is 9.87 Å². The van der Waals surface area contributed by atoms with E-state index in [0.29, 0.717) is 4.90 Å². The first kappa shape index (κ1) is 18.9. The van der Waals surface area contributed by atoms with Gasteiger partial charge in [0.1, 0.15) is 17.0 Å². The molecule has 1 amide bonds. The molecule has 0 heterocycles. The van der Waals surface area contributed by atoms with Crippen molar-refractivity contribution in [1.82, 2.24) is 9.79 Å². The highest BCUT2D eigenvalue weighted by Crippen LogP contribution is 2.13. The van der Waals surface area contributed by atoms with Crippen LogP contribution in [-0.2, 0) is 15.8 Å². The van der Waals surface area contributed by atoms with E-state index in [0.717, 1.165) is 11.1 Å². The molecule has 130 valence electrons. The standard InChI is InChI=1S/C19H20N2O3S/c1-14-4-6-16(7-5-14)8-9-17-10-12-18(13-11-17)25(24)21(3)15(2)19(22)20-23/h4-7,10-13,15,23H,1-3H3,(H,20,22)/t15-,25?/m1/s1. The number of amides is 1. The fourth-order valence-corrected chi connectivity index (χ4v) is 3.09. The summed E-state index contributed by atoms with van der Waals surface area (Å²) in [6, 6.07) is 14.2. The maximum Gasteiger partial charge on any atom is 0.261 e. The van der Waals surface area contributed by atoms with Crippen molar-refractivity contribution in [2.45, 2.75) is 24.8 Å². The minimum Gasteiger partial charge on any atom is -0.289 e. The van der Waals surface area contributed by atoms with Crippen molar-refractivity contribution in [2.24, 2.45) is 0 Å². The molecule has 2 rings (SSSR count). The third-order valence-electron chi connectivity index (χ3n) is 3.76. The van der Waals surface area contributed by atoms with E-state index in [1.807, 2.05) is 31.2 Å². The molecule has 0 fully saturated rings. The van der Waals surface area contributed by atoms with Crippen molar-refractivity contribution in [2.75, 3.05) is 7.05 Å². The molecule has 1 unspecified atom stereocenters. The van der Waals surface area contributed by atoms with Crippen molar-refractivity contribution < 1.29 is 14.2 Å². The van der Waals surface area contributed by atoms with Gasteiger partial charge in [0.15, 0.2) is 0 Å². The molecule has 6 heteroatoms. The van der Waals surface area contributed by atoms with Crippen LogP contribution in [0.5, 0.6) is 0 Å². The molecule has 2 aromatic carbocycles. The van der Waals surface area contributed by atoms with E-state index in [9.17, 15) is 9.00 Å². The third kappa shape index (κ3) is 5.00. The van der Waals surface area contributed by atoms with Gasteiger partial charge in [-0.15, -0.1) is 0 Å². The summed E-state index contributed by atoms with van der Waals surface area (Å²) < 4.78 is 13.8. The van der Waals surface area contributed by atoms with Crippen molar-refractivity contribution in [1.29, 1.82) is 0 Å². The minimum absolute atomic E-state index is 0.556. The van der Waals surface area contributed by atoms with Crippen LogP contribution in [0.25, 0.3) is 0 Å². The maximum absolute atomic E-state index is 12.5. The second-order valence-electron chi connectivity index (χ2n) is 5.59. The van der Waals surface area contributed by atoms with Crippen molar-refractivity contribution in [3.8, 4) is 11.8 Å². The largest absolute Gasteiger partial charge is 0.289 e. The summed E-state index contributed by atoms with van der Waals surface area (Å²) in [5.41, 5.74) is 4.49. The molecule has 2 N–H and O–H groups in total. The fraction of sp³-hybridized carbons (Fsp3) is 0.211. The Morgan fingerprint density at radius 3 is 2.04 bits per heavy atom. The van der Waals surface area contributed by atoms with E-state index in [-0.39, 0.29) is 0 Å². The predicted octanol–water partition coefficient (Wildman–Crippen LogP) is 2.24. The summed E-state index contributed by atoms with van der Waals surface area (Å²) >= 11 is 0. The zero-order valence-electron chi connectivity index (χ0n) is 14.3. The summed E-state index contributed by atoms with van der Waals surface area (Å²) in [6.07, 6.45) is 0. The van der Waals surface area contributed by atoms with E-state index >= 15 is 0 Å². The Morgan fingerprint density at radius 2 is 1.56 bits per heavy atom. The molecule has 0 bridgehead atoms. The molecule has 2 atom stereocenters. The number of hydrogen-bond acceptors (Lipinski definition) is 3. The quantitative estimate of drug-likeness (QED) is 0.501. The second kappa shape index (κ2) is 8.58. The SMILES string of the molecule is Cc1ccc(C#Cc2ccc(S(=O)N(C)[C@H](C)C(=O)NO)cc2)cc1. The van der Waals surface area contributed by atoms with E-state index < -0.39 is 22.9 Å². The first-order valence-corrected chi connectivity index (χ1v) is 8.80. The molecule has 0 aliphatic rings. The molecular formula is C19H20N2O3S. The maximum atomic E-state index is 12.5. The average molecular weight is 356 g/mol. The number of rotatable bonds is 4. The zero-order valence-corrected chi connectivity index (χ0v) is 15.1. The Bertz CT molecular complexity index is 820. The molecule has 0 radical (unpaired) electrons. The van der Waals surface area contributed by atoms with Gasteiger partial charge in [0.2, 0.25) is 0 Å². The third-order valence-corrected chi connectivity index (χ3v) is 5.27. The highest BCUT2D eigenvalue weighted by atomic mass is 32.2. The molecule has 0 aromatic heterocycles. The Morgan fingerprint density at radius 1 is 1.08 bits per heavy atom. The molecule has 0 aliphatic carbocycles. The molecule has 0 spiro atoms. The molecule has 0 saturated heterocycles. The average Bonchev–Trinajstić information content (AvgIpc) is 2.65. The fourth-order valence-electron chi connectivity index (χ4n) is 2.00. The van der Waals surface area contributed by atoms with Crippen LogP contribution in [-0.4, -0.2) is 32.7 Å². The topological polar surface area (TPSA) is 69.6 Å². The zero-order chi connectivity index (χ0) is 18.4.